The van der Waals surface area contributed by atoms with Crippen molar-refractivity contribution in [1.82, 2.24) is 14.5 Å². The molecular weight excluding hydrogens is 298 g/mol. The lowest BCUT2D eigenvalue weighted by Crippen LogP contribution is -2.43. The zero-order chi connectivity index (χ0) is 17.5. The van der Waals surface area contributed by atoms with Crippen molar-refractivity contribution < 1.29 is 5.11 Å². The third kappa shape index (κ3) is 3.13. The van der Waals surface area contributed by atoms with Crippen molar-refractivity contribution in [3.05, 3.63) is 59.8 Å². The number of aromatic hydroxyl groups is 1. The molecule has 0 atom stereocenters. The Morgan fingerprint density at radius 1 is 1.09 bits per heavy atom. The molecule has 1 aromatic carbocycles. The van der Waals surface area contributed by atoms with Crippen LogP contribution in [0.1, 0.15) is 43.0 Å². The number of hydrogen-bond donors (Lipinski definition) is 3. The lowest BCUT2D eigenvalue weighted by Gasteiger charge is -2.25. The molecule has 0 spiro atoms. The second-order valence-electron chi connectivity index (χ2n) is 6.73. The fourth-order valence-corrected chi connectivity index (χ4v) is 2.85. The molecule has 1 aromatic heterocycles. The van der Waals surface area contributed by atoms with Crippen LogP contribution in [-0.2, 0) is 12.0 Å². The molecule has 0 amide bonds. The molecule has 7 nitrogen and oxygen atoms in total. The summed E-state index contributed by atoms with van der Waals surface area (Å²) < 4.78 is 0.888. The Morgan fingerprint density at radius 2 is 1.61 bits per heavy atom. The predicted octanol–water partition coefficient (Wildman–Crippen LogP) is 0.893. The second-order valence-corrected chi connectivity index (χ2v) is 6.73. The lowest BCUT2D eigenvalue weighted by molar-refractivity contribution is 0.439. The van der Waals surface area contributed by atoms with Crippen LogP contribution in [0.15, 0.2) is 20.4 Å². The van der Waals surface area contributed by atoms with E-state index in [1.165, 1.54) is 0 Å². The molecule has 3 N–H and O–H groups in total. The van der Waals surface area contributed by atoms with E-state index in [9.17, 15) is 19.5 Å². The van der Waals surface area contributed by atoms with Gasteiger partial charge in [0.1, 0.15) is 5.75 Å². The fourth-order valence-electron chi connectivity index (χ4n) is 2.85. The third-order valence-corrected chi connectivity index (χ3v) is 3.87. The summed E-state index contributed by atoms with van der Waals surface area (Å²) >= 11 is 0. The van der Waals surface area contributed by atoms with Gasteiger partial charge in [0.15, 0.2) is 0 Å². The zero-order valence-corrected chi connectivity index (χ0v) is 13.9. The van der Waals surface area contributed by atoms with Crippen molar-refractivity contribution in [3.8, 4) is 5.75 Å². The summed E-state index contributed by atoms with van der Waals surface area (Å²) in [7, 11) is 0. The van der Waals surface area contributed by atoms with Crippen LogP contribution >= 0.6 is 0 Å². The first-order chi connectivity index (χ1) is 10.5. The van der Waals surface area contributed by atoms with Gasteiger partial charge in [-0.2, -0.15) is 0 Å². The normalized spacial score (nSPS) is 11.7. The number of rotatable bonds is 2. The minimum Gasteiger partial charge on any atom is -0.507 e. The van der Waals surface area contributed by atoms with Crippen molar-refractivity contribution in [3.63, 3.8) is 0 Å². The molecule has 124 valence electrons. The van der Waals surface area contributed by atoms with E-state index in [4.69, 9.17) is 0 Å². The maximum Gasteiger partial charge on any atom is 0.333 e. The SMILES string of the molecule is Cc1cc(Cn2c(=O)[nH]c(=O)[nH]c2=O)c(C)c(O)c1C(C)(C)C. The Bertz CT molecular complexity index is 892. The highest BCUT2D eigenvalue weighted by atomic mass is 16.3. The number of aromatic amines is 2. The number of aromatic nitrogens is 3. The van der Waals surface area contributed by atoms with E-state index in [0.717, 1.165) is 15.7 Å². The number of nitrogens with one attached hydrogen (secondary N) is 2. The van der Waals surface area contributed by atoms with Gasteiger partial charge in [-0.15, -0.1) is 0 Å². The van der Waals surface area contributed by atoms with Crippen molar-refractivity contribution in [2.75, 3.05) is 0 Å². The Kier molecular flexibility index (Phi) is 4.07. The van der Waals surface area contributed by atoms with E-state index < -0.39 is 17.1 Å². The zero-order valence-electron chi connectivity index (χ0n) is 13.9. The van der Waals surface area contributed by atoms with Crippen molar-refractivity contribution in [2.45, 2.75) is 46.6 Å². The number of hydrogen-bond acceptors (Lipinski definition) is 4. The molecule has 0 unspecified atom stereocenters. The Morgan fingerprint density at radius 3 is 2.09 bits per heavy atom. The monoisotopic (exact) mass is 319 g/mol. The molecule has 0 saturated carbocycles. The van der Waals surface area contributed by atoms with Crippen LogP contribution in [0.4, 0.5) is 0 Å². The molecule has 0 bridgehead atoms. The molecule has 2 rings (SSSR count). The average Bonchev–Trinajstić information content (AvgIpc) is 2.37. The van der Waals surface area contributed by atoms with Crippen LogP contribution in [0.25, 0.3) is 0 Å². The summed E-state index contributed by atoms with van der Waals surface area (Å²) in [5, 5.41) is 10.5. The molecule has 0 fully saturated rings. The van der Waals surface area contributed by atoms with E-state index in [-0.39, 0.29) is 17.7 Å². The number of phenolic OH excluding ortho intramolecular Hbond substituents is 1. The average molecular weight is 319 g/mol. The molecule has 7 heteroatoms. The Labute approximate surface area is 132 Å². The van der Waals surface area contributed by atoms with Gasteiger partial charge >= 0.3 is 17.1 Å². The number of nitrogens with zero attached hydrogens (tertiary/aromatic N) is 1. The van der Waals surface area contributed by atoms with E-state index in [2.05, 4.69) is 0 Å². The highest BCUT2D eigenvalue weighted by molar-refractivity contribution is 5.52. The first-order valence-corrected chi connectivity index (χ1v) is 7.28. The van der Waals surface area contributed by atoms with E-state index in [1.807, 2.05) is 43.7 Å². The van der Waals surface area contributed by atoms with Crippen LogP contribution < -0.4 is 17.1 Å². The highest BCUT2D eigenvalue weighted by Crippen LogP contribution is 2.37. The Hall–Kier alpha value is -2.57. The Balaban J connectivity index is 2.62. The lowest BCUT2D eigenvalue weighted by atomic mass is 9.81. The van der Waals surface area contributed by atoms with Crippen LogP contribution in [0.2, 0.25) is 0 Å². The van der Waals surface area contributed by atoms with Gasteiger partial charge in [-0.05, 0) is 36.0 Å². The van der Waals surface area contributed by atoms with E-state index >= 15 is 0 Å². The molecule has 0 aliphatic rings. The van der Waals surface area contributed by atoms with Crippen molar-refractivity contribution >= 4 is 0 Å². The van der Waals surface area contributed by atoms with Gasteiger partial charge in [0.05, 0.1) is 6.54 Å². The number of H-pyrrole nitrogens is 2. The van der Waals surface area contributed by atoms with Gasteiger partial charge in [-0.1, -0.05) is 26.8 Å². The topological polar surface area (TPSA) is 108 Å². The molecule has 0 aliphatic heterocycles. The molecule has 2 aromatic rings. The largest absolute Gasteiger partial charge is 0.507 e. The summed E-state index contributed by atoms with van der Waals surface area (Å²) in [5.41, 5.74) is 0.334. The molecule has 0 radical (unpaired) electrons. The van der Waals surface area contributed by atoms with Gasteiger partial charge in [0.25, 0.3) is 0 Å². The minimum absolute atomic E-state index is 0.0321. The second kappa shape index (κ2) is 5.57. The van der Waals surface area contributed by atoms with Crippen LogP contribution in [0, 0.1) is 13.8 Å². The number of benzene rings is 1. The van der Waals surface area contributed by atoms with Crippen LogP contribution in [0.3, 0.4) is 0 Å². The van der Waals surface area contributed by atoms with Gasteiger partial charge in [-0.25, -0.2) is 19.0 Å². The van der Waals surface area contributed by atoms with Gasteiger partial charge in [-0.3, -0.25) is 9.97 Å². The minimum atomic E-state index is -0.838. The summed E-state index contributed by atoms with van der Waals surface area (Å²) in [6.45, 7) is 9.60. The first-order valence-electron chi connectivity index (χ1n) is 7.28. The van der Waals surface area contributed by atoms with Crippen molar-refractivity contribution in [1.29, 1.82) is 0 Å². The fraction of sp³-hybridized carbons (Fsp3) is 0.438. The van der Waals surface area contributed by atoms with E-state index in [1.54, 1.807) is 6.92 Å². The molecular formula is C16H21N3O4. The molecule has 0 aliphatic carbocycles. The summed E-state index contributed by atoms with van der Waals surface area (Å²) in [6, 6.07) is 1.85. The standard InChI is InChI=1S/C16H21N3O4/c1-8-6-10(9(2)12(20)11(8)16(3,4)5)7-19-14(22)17-13(21)18-15(19)23/h6,20H,7H2,1-5H3,(H2,17,18,21,22,23). The smallest absolute Gasteiger partial charge is 0.333 e. The van der Waals surface area contributed by atoms with Gasteiger partial charge in [0.2, 0.25) is 0 Å². The number of aryl methyl sites for hydroxylation is 1. The summed E-state index contributed by atoms with van der Waals surface area (Å²) in [5.74, 6) is 0.168. The first kappa shape index (κ1) is 16.8. The summed E-state index contributed by atoms with van der Waals surface area (Å²) in [4.78, 5) is 38.7. The van der Waals surface area contributed by atoms with Crippen LogP contribution in [-0.4, -0.2) is 19.6 Å². The molecule has 0 saturated heterocycles. The molecule has 23 heavy (non-hydrogen) atoms. The van der Waals surface area contributed by atoms with Crippen molar-refractivity contribution in [2.24, 2.45) is 0 Å². The van der Waals surface area contributed by atoms with Crippen LogP contribution in [0.5, 0.6) is 5.75 Å². The highest BCUT2D eigenvalue weighted by Gasteiger charge is 2.23. The van der Waals surface area contributed by atoms with E-state index in [0.29, 0.717) is 11.1 Å². The predicted molar refractivity (Wildman–Crippen MR) is 87.3 cm³/mol. The maximum atomic E-state index is 11.8. The maximum absolute atomic E-state index is 11.8. The third-order valence-electron chi connectivity index (χ3n) is 3.87. The van der Waals surface area contributed by atoms with Gasteiger partial charge in [0, 0.05) is 5.56 Å². The number of phenols is 1. The molecule has 1 heterocycles. The quantitative estimate of drug-likeness (QED) is 0.764. The van der Waals surface area contributed by atoms with Gasteiger partial charge < -0.3 is 5.11 Å². The summed E-state index contributed by atoms with van der Waals surface area (Å²) in [6.07, 6.45) is 0.